The van der Waals surface area contributed by atoms with Gasteiger partial charge in [0.15, 0.2) is 0 Å². The molecular weight excluding hydrogens is 320 g/mol. The van der Waals surface area contributed by atoms with Gasteiger partial charge in [0.2, 0.25) is 15.9 Å². The lowest BCUT2D eigenvalue weighted by Gasteiger charge is -2.22. The number of sulfonamides is 1. The summed E-state index contributed by atoms with van der Waals surface area (Å²) < 4.78 is 35.2. The highest BCUT2D eigenvalue weighted by atomic mass is 32.2. The number of rotatable bonds is 10. The van der Waals surface area contributed by atoms with E-state index in [1.807, 2.05) is 0 Å². The molecule has 8 heteroatoms. The van der Waals surface area contributed by atoms with Gasteiger partial charge in [-0.1, -0.05) is 6.07 Å². The zero-order chi connectivity index (χ0) is 17.3. The summed E-state index contributed by atoms with van der Waals surface area (Å²) >= 11 is 0. The number of carbonyl (C=O) groups excluding carboxylic acids is 1. The van der Waals surface area contributed by atoms with Gasteiger partial charge in [0.05, 0.1) is 19.1 Å². The van der Waals surface area contributed by atoms with Crippen LogP contribution in [-0.4, -0.2) is 54.5 Å². The lowest BCUT2D eigenvalue weighted by molar-refractivity contribution is -0.120. The van der Waals surface area contributed by atoms with Gasteiger partial charge in [0.25, 0.3) is 0 Å². The van der Waals surface area contributed by atoms with Gasteiger partial charge in [-0.05, 0) is 18.6 Å². The SMILES string of the molecule is COCCCNC(=O)CCN(c1cccc(OC)c1)S(C)(=O)=O. The van der Waals surface area contributed by atoms with Crippen LogP contribution < -0.4 is 14.4 Å². The van der Waals surface area contributed by atoms with E-state index in [1.54, 1.807) is 31.4 Å². The van der Waals surface area contributed by atoms with Crippen LogP contribution in [0.2, 0.25) is 0 Å². The minimum Gasteiger partial charge on any atom is -0.497 e. The van der Waals surface area contributed by atoms with E-state index < -0.39 is 10.0 Å². The number of hydrogen-bond donors (Lipinski definition) is 1. The van der Waals surface area contributed by atoms with Crippen molar-refractivity contribution in [1.29, 1.82) is 0 Å². The maximum Gasteiger partial charge on any atom is 0.232 e. The molecule has 1 aromatic carbocycles. The Labute approximate surface area is 137 Å². The molecule has 0 saturated heterocycles. The molecule has 7 nitrogen and oxygen atoms in total. The van der Waals surface area contributed by atoms with Crippen molar-refractivity contribution in [2.75, 3.05) is 44.5 Å². The number of hydrogen-bond acceptors (Lipinski definition) is 5. The summed E-state index contributed by atoms with van der Waals surface area (Å²) in [5.41, 5.74) is 0.471. The Balaban J connectivity index is 2.68. The number of anilines is 1. The largest absolute Gasteiger partial charge is 0.497 e. The highest BCUT2D eigenvalue weighted by Gasteiger charge is 2.19. The molecule has 0 heterocycles. The molecule has 1 rings (SSSR count). The molecule has 0 atom stereocenters. The van der Waals surface area contributed by atoms with Crippen molar-refractivity contribution in [2.45, 2.75) is 12.8 Å². The lowest BCUT2D eigenvalue weighted by Crippen LogP contribution is -2.35. The minimum atomic E-state index is -3.49. The molecule has 23 heavy (non-hydrogen) atoms. The summed E-state index contributed by atoms with van der Waals surface area (Å²) in [6.45, 7) is 1.15. The second kappa shape index (κ2) is 9.36. The van der Waals surface area contributed by atoms with Gasteiger partial charge in [-0.15, -0.1) is 0 Å². The van der Waals surface area contributed by atoms with E-state index in [0.717, 1.165) is 6.26 Å². The van der Waals surface area contributed by atoms with Crippen molar-refractivity contribution in [1.82, 2.24) is 5.32 Å². The van der Waals surface area contributed by atoms with Crippen LogP contribution in [0.1, 0.15) is 12.8 Å². The second-order valence-corrected chi connectivity index (χ2v) is 6.89. The highest BCUT2D eigenvalue weighted by molar-refractivity contribution is 7.92. The maximum absolute atomic E-state index is 12.0. The standard InChI is InChI=1S/C15H24N2O5S/c1-21-11-5-9-16-15(18)8-10-17(23(3,19)20)13-6-4-7-14(12-13)22-2/h4,6-7,12H,5,8-11H2,1-3H3,(H,16,18). The molecule has 0 spiro atoms. The molecule has 0 unspecified atom stereocenters. The summed E-state index contributed by atoms with van der Waals surface area (Å²) in [6.07, 6.45) is 1.91. The van der Waals surface area contributed by atoms with E-state index in [9.17, 15) is 13.2 Å². The van der Waals surface area contributed by atoms with Crippen LogP contribution in [0.3, 0.4) is 0 Å². The zero-order valence-electron chi connectivity index (χ0n) is 13.7. The average molecular weight is 344 g/mol. The Morgan fingerprint density at radius 2 is 2.04 bits per heavy atom. The molecule has 0 aliphatic rings. The smallest absolute Gasteiger partial charge is 0.232 e. The van der Waals surface area contributed by atoms with Crippen LogP contribution in [0.5, 0.6) is 5.75 Å². The predicted molar refractivity (Wildman–Crippen MR) is 89.3 cm³/mol. The van der Waals surface area contributed by atoms with Gasteiger partial charge in [-0.3, -0.25) is 9.10 Å². The summed E-state index contributed by atoms with van der Waals surface area (Å²) in [4.78, 5) is 11.8. The first kappa shape index (κ1) is 19.2. The summed E-state index contributed by atoms with van der Waals surface area (Å²) in [5, 5.41) is 2.73. The van der Waals surface area contributed by atoms with Crippen molar-refractivity contribution in [3.05, 3.63) is 24.3 Å². The molecule has 0 radical (unpaired) electrons. The van der Waals surface area contributed by atoms with Gasteiger partial charge in [-0.25, -0.2) is 8.42 Å². The molecule has 0 aliphatic carbocycles. The average Bonchev–Trinajstić information content (AvgIpc) is 2.50. The summed E-state index contributed by atoms with van der Waals surface area (Å²) in [5.74, 6) is 0.359. The van der Waals surface area contributed by atoms with Crippen LogP contribution in [0.4, 0.5) is 5.69 Å². The third-order valence-electron chi connectivity index (χ3n) is 3.13. The second-order valence-electron chi connectivity index (χ2n) is 4.98. The third kappa shape index (κ3) is 6.87. The number of ether oxygens (including phenoxy) is 2. The quantitative estimate of drug-likeness (QED) is 0.640. The highest BCUT2D eigenvalue weighted by Crippen LogP contribution is 2.23. The Morgan fingerprint density at radius 3 is 2.65 bits per heavy atom. The molecule has 1 aromatic rings. The molecular formula is C15H24N2O5S. The summed E-state index contributed by atoms with van der Waals surface area (Å²) in [6, 6.07) is 6.72. The Kier molecular flexibility index (Phi) is 7.84. The van der Waals surface area contributed by atoms with Crippen LogP contribution in [0.15, 0.2) is 24.3 Å². The van der Waals surface area contributed by atoms with Gasteiger partial charge < -0.3 is 14.8 Å². The van der Waals surface area contributed by atoms with Crippen molar-refractivity contribution in [3.8, 4) is 5.75 Å². The fourth-order valence-corrected chi connectivity index (χ4v) is 2.91. The molecule has 0 bridgehead atoms. The van der Waals surface area contributed by atoms with Crippen molar-refractivity contribution >= 4 is 21.6 Å². The maximum atomic E-state index is 12.0. The van der Waals surface area contributed by atoms with E-state index >= 15 is 0 Å². The first-order chi connectivity index (χ1) is 10.9. The molecule has 0 saturated carbocycles. The Hall–Kier alpha value is -1.80. The summed E-state index contributed by atoms with van der Waals surface area (Å²) in [7, 11) is -0.382. The number of nitrogens with zero attached hydrogens (tertiary/aromatic N) is 1. The van der Waals surface area contributed by atoms with E-state index in [4.69, 9.17) is 9.47 Å². The van der Waals surface area contributed by atoms with Gasteiger partial charge in [0.1, 0.15) is 5.75 Å². The number of methoxy groups -OCH3 is 2. The predicted octanol–water partition coefficient (Wildman–Crippen LogP) is 1.00. The molecule has 130 valence electrons. The monoisotopic (exact) mass is 344 g/mol. The third-order valence-corrected chi connectivity index (χ3v) is 4.33. The first-order valence-corrected chi connectivity index (χ1v) is 9.10. The molecule has 1 N–H and O–H groups in total. The minimum absolute atomic E-state index is 0.0715. The Bertz CT molecular complexity index is 604. The van der Waals surface area contributed by atoms with E-state index in [0.29, 0.717) is 31.0 Å². The fourth-order valence-electron chi connectivity index (χ4n) is 1.99. The van der Waals surface area contributed by atoms with Crippen molar-refractivity contribution in [3.63, 3.8) is 0 Å². The van der Waals surface area contributed by atoms with E-state index in [2.05, 4.69) is 5.32 Å². The van der Waals surface area contributed by atoms with Crippen LogP contribution in [0.25, 0.3) is 0 Å². The number of amides is 1. The van der Waals surface area contributed by atoms with E-state index in [1.165, 1.54) is 11.4 Å². The molecule has 1 amide bonds. The zero-order valence-corrected chi connectivity index (χ0v) is 14.6. The lowest BCUT2D eigenvalue weighted by atomic mass is 10.3. The first-order valence-electron chi connectivity index (χ1n) is 7.26. The number of carbonyl (C=O) groups is 1. The molecule has 0 fully saturated rings. The normalized spacial score (nSPS) is 11.1. The molecule has 0 aliphatic heterocycles. The van der Waals surface area contributed by atoms with Crippen LogP contribution in [0, 0.1) is 0 Å². The van der Waals surface area contributed by atoms with Gasteiger partial charge >= 0.3 is 0 Å². The number of nitrogens with one attached hydrogen (secondary N) is 1. The molecule has 0 aromatic heterocycles. The van der Waals surface area contributed by atoms with Crippen LogP contribution in [-0.2, 0) is 19.6 Å². The topological polar surface area (TPSA) is 84.9 Å². The van der Waals surface area contributed by atoms with Gasteiger partial charge in [-0.2, -0.15) is 0 Å². The Morgan fingerprint density at radius 1 is 1.30 bits per heavy atom. The fraction of sp³-hybridized carbons (Fsp3) is 0.533. The van der Waals surface area contributed by atoms with Crippen LogP contribution >= 0.6 is 0 Å². The number of benzene rings is 1. The van der Waals surface area contributed by atoms with Gasteiger partial charge in [0, 0.05) is 39.3 Å². The van der Waals surface area contributed by atoms with Crippen molar-refractivity contribution < 1.29 is 22.7 Å². The van der Waals surface area contributed by atoms with E-state index in [-0.39, 0.29) is 18.9 Å². The van der Waals surface area contributed by atoms with Crippen molar-refractivity contribution in [2.24, 2.45) is 0 Å².